The number of carbonyl (C=O) groups is 1. The molecule has 0 atom stereocenters. The second-order valence-corrected chi connectivity index (χ2v) is 10.1. The van der Waals surface area contributed by atoms with Gasteiger partial charge in [0.25, 0.3) is 5.91 Å². The average Bonchev–Trinajstić information content (AvgIpc) is 3.21. The summed E-state index contributed by atoms with van der Waals surface area (Å²) < 4.78 is 33.5. The summed E-state index contributed by atoms with van der Waals surface area (Å²) >= 11 is 7.13. The quantitative estimate of drug-likeness (QED) is 0.503. The van der Waals surface area contributed by atoms with Gasteiger partial charge in [0.2, 0.25) is 15.2 Å². The summed E-state index contributed by atoms with van der Waals surface area (Å²) in [6.07, 6.45) is 0. The standard InChI is InChI=1S/C20H21ClN4O4S2/c1-12(2)19-24-25-20(30-19)23-18(26)14-6-9-16(29-3)17(10-14)31(27,28)22-11-13-4-7-15(21)8-5-13/h4-10,12,22H,11H2,1-3H3,(H,23,25,26). The molecule has 164 valence electrons. The van der Waals surface area contributed by atoms with Crippen LogP contribution in [0.15, 0.2) is 47.4 Å². The van der Waals surface area contributed by atoms with Crippen molar-refractivity contribution in [1.29, 1.82) is 0 Å². The molecule has 1 amide bonds. The maximum Gasteiger partial charge on any atom is 0.257 e. The number of methoxy groups -OCH3 is 1. The number of nitrogens with zero attached hydrogens (tertiary/aromatic N) is 2. The van der Waals surface area contributed by atoms with Gasteiger partial charge in [-0.25, -0.2) is 13.1 Å². The molecule has 1 heterocycles. The molecule has 2 aromatic carbocycles. The van der Waals surface area contributed by atoms with Gasteiger partial charge in [0, 0.05) is 23.0 Å². The van der Waals surface area contributed by atoms with Gasteiger partial charge in [0.05, 0.1) is 7.11 Å². The normalized spacial score (nSPS) is 11.5. The first-order chi connectivity index (χ1) is 14.7. The monoisotopic (exact) mass is 480 g/mol. The van der Waals surface area contributed by atoms with Crippen molar-refractivity contribution in [2.45, 2.75) is 31.2 Å². The molecule has 0 spiro atoms. The van der Waals surface area contributed by atoms with Crippen LogP contribution in [-0.2, 0) is 16.6 Å². The van der Waals surface area contributed by atoms with Crippen molar-refractivity contribution >= 4 is 44.0 Å². The molecule has 0 saturated carbocycles. The molecule has 0 aliphatic carbocycles. The first-order valence-electron chi connectivity index (χ1n) is 9.26. The molecule has 0 bridgehead atoms. The van der Waals surface area contributed by atoms with E-state index in [4.69, 9.17) is 16.3 Å². The van der Waals surface area contributed by atoms with Crippen molar-refractivity contribution in [3.8, 4) is 5.75 Å². The van der Waals surface area contributed by atoms with E-state index in [-0.39, 0.29) is 28.7 Å². The SMILES string of the molecule is COc1ccc(C(=O)Nc2nnc(C(C)C)s2)cc1S(=O)(=O)NCc1ccc(Cl)cc1. The summed E-state index contributed by atoms with van der Waals surface area (Å²) in [5.41, 5.74) is 0.882. The highest BCUT2D eigenvalue weighted by Gasteiger charge is 2.22. The zero-order valence-corrected chi connectivity index (χ0v) is 19.4. The summed E-state index contributed by atoms with van der Waals surface area (Å²) in [5.74, 6) is -0.186. The lowest BCUT2D eigenvalue weighted by molar-refractivity contribution is 0.102. The lowest BCUT2D eigenvalue weighted by Gasteiger charge is -2.12. The molecule has 0 saturated heterocycles. The molecule has 2 N–H and O–H groups in total. The summed E-state index contributed by atoms with van der Waals surface area (Å²) in [5, 5.41) is 12.3. The molecule has 3 aromatic rings. The Hall–Kier alpha value is -2.53. The first kappa shape index (κ1) is 23.1. The number of benzene rings is 2. The fourth-order valence-electron chi connectivity index (χ4n) is 2.57. The number of ether oxygens (including phenoxy) is 1. The van der Waals surface area contributed by atoms with Crippen LogP contribution in [0.3, 0.4) is 0 Å². The van der Waals surface area contributed by atoms with Crippen molar-refractivity contribution < 1.29 is 17.9 Å². The minimum atomic E-state index is -3.96. The Labute approximate surface area is 189 Å². The van der Waals surface area contributed by atoms with Gasteiger partial charge in [-0.3, -0.25) is 10.1 Å². The van der Waals surface area contributed by atoms with Crippen LogP contribution >= 0.6 is 22.9 Å². The van der Waals surface area contributed by atoms with Crippen LogP contribution in [0.4, 0.5) is 5.13 Å². The molecule has 11 heteroatoms. The highest BCUT2D eigenvalue weighted by molar-refractivity contribution is 7.89. The molecule has 0 fully saturated rings. The molecule has 0 aliphatic rings. The molecule has 1 aromatic heterocycles. The number of aromatic nitrogens is 2. The summed E-state index contributed by atoms with van der Waals surface area (Å²) in [7, 11) is -2.60. The van der Waals surface area contributed by atoms with Crippen LogP contribution in [0, 0.1) is 0 Å². The fourth-order valence-corrected chi connectivity index (χ4v) is 4.65. The Morgan fingerprint density at radius 2 is 1.87 bits per heavy atom. The van der Waals surface area contributed by atoms with Crippen molar-refractivity contribution in [3.63, 3.8) is 0 Å². The van der Waals surface area contributed by atoms with Crippen LogP contribution in [0.2, 0.25) is 5.02 Å². The second-order valence-electron chi connectivity index (χ2n) is 6.87. The van der Waals surface area contributed by atoms with Gasteiger partial charge in [0.15, 0.2) is 0 Å². The zero-order chi connectivity index (χ0) is 22.6. The van der Waals surface area contributed by atoms with Crippen LogP contribution in [0.25, 0.3) is 0 Å². The van der Waals surface area contributed by atoms with Gasteiger partial charge in [-0.15, -0.1) is 10.2 Å². The number of rotatable bonds is 8. The van der Waals surface area contributed by atoms with Crippen LogP contribution < -0.4 is 14.8 Å². The van der Waals surface area contributed by atoms with Gasteiger partial charge in [-0.1, -0.05) is 48.9 Å². The lowest BCUT2D eigenvalue weighted by Crippen LogP contribution is -2.24. The largest absolute Gasteiger partial charge is 0.495 e. The number of hydrogen-bond acceptors (Lipinski definition) is 7. The molecule has 0 unspecified atom stereocenters. The number of nitrogens with one attached hydrogen (secondary N) is 2. The van der Waals surface area contributed by atoms with Crippen LogP contribution in [0.5, 0.6) is 5.75 Å². The van der Waals surface area contributed by atoms with Gasteiger partial charge in [-0.2, -0.15) is 0 Å². The molecular formula is C20H21ClN4O4S2. The third-order valence-corrected chi connectivity index (χ3v) is 7.06. The van der Waals surface area contributed by atoms with E-state index < -0.39 is 15.9 Å². The van der Waals surface area contributed by atoms with Crippen molar-refractivity contribution in [3.05, 3.63) is 63.6 Å². The number of halogens is 1. The van der Waals surface area contributed by atoms with E-state index >= 15 is 0 Å². The number of amides is 1. The predicted octanol–water partition coefficient (Wildman–Crippen LogP) is 4.05. The molecule has 31 heavy (non-hydrogen) atoms. The number of carbonyl (C=O) groups excluding carboxylic acids is 1. The third-order valence-electron chi connectivity index (χ3n) is 4.25. The summed E-state index contributed by atoms with van der Waals surface area (Å²) in [4.78, 5) is 12.5. The molecule has 0 radical (unpaired) electrons. The molecule has 0 aliphatic heterocycles. The highest BCUT2D eigenvalue weighted by Crippen LogP contribution is 2.27. The molecular weight excluding hydrogens is 460 g/mol. The topological polar surface area (TPSA) is 110 Å². The third kappa shape index (κ3) is 5.79. The summed E-state index contributed by atoms with van der Waals surface area (Å²) in [6.45, 7) is 4.01. The van der Waals surface area contributed by atoms with E-state index in [0.29, 0.717) is 10.2 Å². The maximum atomic E-state index is 12.9. The van der Waals surface area contributed by atoms with E-state index in [0.717, 1.165) is 10.6 Å². The maximum absolute atomic E-state index is 12.9. The zero-order valence-electron chi connectivity index (χ0n) is 17.0. The van der Waals surface area contributed by atoms with Crippen LogP contribution in [-0.4, -0.2) is 31.6 Å². The van der Waals surface area contributed by atoms with Gasteiger partial charge >= 0.3 is 0 Å². The number of hydrogen-bond donors (Lipinski definition) is 2. The van der Waals surface area contributed by atoms with E-state index in [2.05, 4.69) is 20.2 Å². The smallest absolute Gasteiger partial charge is 0.257 e. The van der Waals surface area contributed by atoms with Crippen molar-refractivity contribution in [2.24, 2.45) is 0 Å². The second kappa shape index (κ2) is 9.73. The lowest BCUT2D eigenvalue weighted by atomic mass is 10.2. The first-order valence-corrected chi connectivity index (χ1v) is 11.9. The average molecular weight is 481 g/mol. The summed E-state index contributed by atoms with van der Waals surface area (Å²) in [6, 6.07) is 11.0. The Balaban J connectivity index is 1.81. The fraction of sp³-hybridized carbons (Fsp3) is 0.250. The minimum absolute atomic E-state index is 0.0574. The van der Waals surface area contributed by atoms with Gasteiger partial charge in [-0.05, 0) is 35.9 Å². The van der Waals surface area contributed by atoms with Gasteiger partial charge < -0.3 is 4.74 Å². The van der Waals surface area contributed by atoms with E-state index in [1.54, 1.807) is 24.3 Å². The van der Waals surface area contributed by atoms with Crippen molar-refractivity contribution in [2.75, 3.05) is 12.4 Å². The molecule has 8 nitrogen and oxygen atoms in total. The Bertz CT molecular complexity index is 1180. The van der Waals surface area contributed by atoms with Gasteiger partial charge in [0.1, 0.15) is 15.7 Å². The van der Waals surface area contributed by atoms with Crippen LogP contribution in [0.1, 0.15) is 40.7 Å². The minimum Gasteiger partial charge on any atom is -0.495 e. The number of anilines is 1. The van der Waals surface area contributed by atoms with E-state index in [1.807, 2.05) is 13.8 Å². The Morgan fingerprint density at radius 1 is 1.16 bits per heavy atom. The van der Waals surface area contributed by atoms with E-state index in [1.165, 1.54) is 36.6 Å². The highest BCUT2D eigenvalue weighted by atomic mass is 35.5. The van der Waals surface area contributed by atoms with Crippen molar-refractivity contribution in [1.82, 2.24) is 14.9 Å². The Morgan fingerprint density at radius 3 is 2.48 bits per heavy atom. The molecule has 3 rings (SSSR count). The predicted molar refractivity (Wildman–Crippen MR) is 120 cm³/mol. The van der Waals surface area contributed by atoms with E-state index in [9.17, 15) is 13.2 Å². The Kier molecular flexibility index (Phi) is 7.26. The number of sulfonamides is 1.